The van der Waals surface area contributed by atoms with Crippen LogP contribution in [0.15, 0.2) is 207 Å². The zero-order valence-electron chi connectivity index (χ0n) is 32.3. The van der Waals surface area contributed by atoms with E-state index in [1.807, 2.05) is 12.2 Å². The van der Waals surface area contributed by atoms with E-state index >= 15 is 0 Å². The molecule has 0 aromatic heterocycles. The molecule has 272 valence electrons. The van der Waals surface area contributed by atoms with E-state index < -0.39 is 0 Å². The molecule has 0 bridgehead atoms. The van der Waals surface area contributed by atoms with Gasteiger partial charge in [-0.1, -0.05) is 201 Å². The van der Waals surface area contributed by atoms with Gasteiger partial charge in [0.1, 0.15) is 0 Å². The van der Waals surface area contributed by atoms with Crippen LogP contribution in [0.5, 0.6) is 0 Å². The fourth-order valence-electron chi connectivity index (χ4n) is 9.64. The standard InChI is InChI=1S/C58H40/c1-3-4-11-37(2)47-19-10-14-39(49-31-25-44-22-20-40-15-8-17-42-27-34-52(49)57(44)55(40)42)24-30-48(38-12-6-5-7-13-38)51-33-29-46(36-54(47)51)50-32-26-45-23-21-41-16-9-18-43-28-35-53(50)58(45)56(41)43/h3-6,8-12,14-36H,1-2,7,13H2. The summed E-state index contributed by atoms with van der Waals surface area (Å²) in [5.74, 6) is 0. The van der Waals surface area contributed by atoms with Gasteiger partial charge in [-0.15, -0.1) is 0 Å². The summed E-state index contributed by atoms with van der Waals surface area (Å²) in [5, 5.41) is 17.9. The molecule has 0 radical (unpaired) electrons. The van der Waals surface area contributed by atoms with Gasteiger partial charge in [-0.25, -0.2) is 0 Å². The van der Waals surface area contributed by atoms with Crippen molar-refractivity contribution in [1.29, 1.82) is 0 Å². The van der Waals surface area contributed by atoms with E-state index in [0.717, 1.165) is 29.4 Å². The molecule has 10 aromatic rings. The summed E-state index contributed by atoms with van der Waals surface area (Å²) in [4.78, 5) is 0. The minimum absolute atomic E-state index is 0.934. The van der Waals surface area contributed by atoms with E-state index in [1.165, 1.54) is 103 Å². The molecule has 10 aromatic carbocycles. The van der Waals surface area contributed by atoms with Crippen molar-refractivity contribution in [3.63, 3.8) is 0 Å². The molecule has 0 aliphatic heterocycles. The molecular weight excluding hydrogens is 697 g/mol. The van der Waals surface area contributed by atoms with E-state index in [9.17, 15) is 0 Å². The van der Waals surface area contributed by atoms with Crippen molar-refractivity contribution in [2.45, 2.75) is 12.8 Å². The molecule has 0 spiro atoms. The topological polar surface area (TPSA) is 0 Å². The second-order valence-corrected chi connectivity index (χ2v) is 15.6. The van der Waals surface area contributed by atoms with Crippen molar-refractivity contribution in [3.8, 4) is 22.3 Å². The Morgan fingerprint density at radius 2 is 0.983 bits per heavy atom. The Labute approximate surface area is 338 Å². The van der Waals surface area contributed by atoms with Crippen molar-refractivity contribution in [3.05, 3.63) is 218 Å². The Balaban J connectivity index is 1.20. The second-order valence-electron chi connectivity index (χ2n) is 15.6. The maximum atomic E-state index is 4.65. The molecule has 0 atom stereocenters. The summed E-state index contributed by atoms with van der Waals surface area (Å²) in [5.41, 5.74) is 9.39. The molecule has 0 heteroatoms. The number of rotatable bonds is 6. The Morgan fingerprint density at radius 3 is 1.59 bits per heavy atom. The molecule has 0 saturated heterocycles. The molecule has 0 nitrogen and oxygen atoms in total. The van der Waals surface area contributed by atoms with Crippen LogP contribution >= 0.6 is 0 Å². The van der Waals surface area contributed by atoms with E-state index in [0.29, 0.717) is 0 Å². The number of benzene rings is 9. The first-order valence-electron chi connectivity index (χ1n) is 20.3. The van der Waals surface area contributed by atoms with Gasteiger partial charge in [0.25, 0.3) is 0 Å². The van der Waals surface area contributed by atoms with Gasteiger partial charge in [0.15, 0.2) is 0 Å². The van der Waals surface area contributed by atoms with Crippen LogP contribution in [0.2, 0.25) is 0 Å². The molecule has 0 unspecified atom stereocenters. The summed E-state index contributed by atoms with van der Waals surface area (Å²) in [6.45, 7) is 8.64. The molecule has 0 saturated carbocycles. The van der Waals surface area contributed by atoms with Crippen molar-refractivity contribution >= 4 is 86.6 Å². The van der Waals surface area contributed by atoms with Crippen LogP contribution in [-0.2, 0) is 0 Å². The molecule has 1 aliphatic carbocycles. The number of fused-ring (bicyclic) bond motifs is 1. The normalized spacial score (nSPS) is 13.1. The summed E-state index contributed by atoms with van der Waals surface area (Å²) < 4.78 is 0. The quantitative estimate of drug-likeness (QED) is 0.118. The van der Waals surface area contributed by atoms with Crippen LogP contribution in [0.3, 0.4) is 0 Å². The summed E-state index contributed by atoms with van der Waals surface area (Å²) >= 11 is 0. The summed E-state index contributed by atoms with van der Waals surface area (Å²) in [6.07, 6.45) is 14.7. The van der Waals surface area contributed by atoms with Crippen LogP contribution in [-0.4, -0.2) is 0 Å². The average molecular weight is 737 g/mol. The first kappa shape index (κ1) is 34.0. The predicted octanol–water partition coefficient (Wildman–Crippen LogP) is 16.6. The lowest BCUT2D eigenvalue weighted by molar-refractivity contribution is 1.06. The lowest BCUT2D eigenvalue weighted by atomic mass is 9.87. The molecule has 1 aliphatic rings. The number of allylic oxidation sites excluding steroid dienone is 8. The van der Waals surface area contributed by atoms with Crippen LogP contribution in [0, 0.1) is 0 Å². The highest BCUT2D eigenvalue weighted by Gasteiger charge is 2.16. The Bertz CT molecular complexity index is 3440. The molecule has 58 heavy (non-hydrogen) atoms. The first-order chi connectivity index (χ1) is 28.6. The van der Waals surface area contributed by atoms with Crippen LogP contribution in [0.25, 0.3) is 109 Å². The highest BCUT2D eigenvalue weighted by atomic mass is 14.2. The molecule has 0 N–H and O–H groups in total. The van der Waals surface area contributed by atoms with E-state index in [4.69, 9.17) is 0 Å². The SMILES string of the molecule is C=CC=CC(=C)c1cccc(-c2ccc3ccc4cccc5ccc2c3c45)ccc(C2=CC=CCC2)c2ccc(-c3ccc4ccc5cccc6ccc3c4c56)cc12. The van der Waals surface area contributed by atoms with E-state index in [2.05, 4.69) is 195 Å². The first-order valence-corrected chi connectivity index (χ1v) is 20.3. The lowest BCUT2D eigenvalue weighted by Crippen LogP contribution is -1.92. The zero-order valence-corrected chi connectivity index (χ0v) is 32.3. The molecular formula is C58H40. The monoisotopic (exact) mass is 736 g/mol. The third kappa shape index (κ3) is 5.45. The van der Waals surface area contributed by atoms with Crippen molar-refractivity contribution in [1.82, 2.24) is 0 Å². The van der Waals surface area contributed by atoms with E-state index in [-0.39, 0.29) is 0 Å². The maximum Gasteiger partial charge on any atom is -0.00206 e. The Kier molecular flexibility index (Phi) is 8.05. The van der Waals surface area contributed by atoms with Crippen molar-refractivity contribution in [2.75, 3.05) is 0 Å². The Morgan fingerprint density at radius 1 is 0.466 bits per heavy atom. The van der Waals surface area contributed by atoms with Crippen molar-refractivity contribution in [2.24, 2.45) is 0 Å². The van der Waals surface area contributed by atoms with Crippen LogP contribution in [0.4, 0.5) is 0 Å². The van der Waals surface area contributed by atoms with Gasteiger partial charge in [-0.3, -0.25) is 0 Å². The number of hydrogen-bond acceptors (Lipinski definition) is 0. The average Bonchev–Trinajstić information content (AvgIpc) is 3.28. The fraction of sp³-hybridized carbons (Fsp3) is 0.0345. The van der Waals surface area contributed by atoms with Crippen molar-refractivity contribution < 1.29 is 0 Å². The van der Waals surface area contributed by atoms with E-state index in [1.54, 1.807) is 0 Å². The highest BCUT2D eigenvalue weighted by molar-refractivity contribution is 6.27. The molecule has 0 fully saturated rings. The van der Waals surface area contributed by atoms with Gasteiger partial charge in [-0.05, 0) is 139 Å². The fourth-order valence-corrected chi connectivity index (χ4v) is 9.64. The smallest absolute Gasteiger partial charge is 0.00206 e. The summed E-state index contributed by atoms with van der Waals surface area (Å²) in [6, 6.07) is 59.1. The predicted molar refractivity (Wildman–Crippen MR) is 255 cm³/mol. The number of hydrogen-bond donors (Lipinski definition) is 0. The third-order valence-corrected chi connectivity index (χ3v) is 12.4. The van der Waals surface area contributed by atoms with Gasteiger partial charge in [0.05, 0.1) is 0 Å². The minimum atomic E-state index is 0.934. The molecule has 11 rings (SSSR count). The van der Waals surface area contributed by atoms with Gasteiger partial charge in [0, 0.05) is 0 Å². The summed E-state index contributed by atoms with van der Waals surface area (Å²) in [7, 11) is 0. The third-order valence-electron chi connectivity index (χ3n) is 12.4. The molecule has 0 heterocycles. The molecule has 0 amide bonds. The lowest BCUT2D eigenvalue weighted by Gasteiger charge is -2.17. The zero-order chi connectivity index (χ0) is 38.7. The Hall–Kier alpha value is -7.28. The highest BCUT2D eigenvalue weighted by Crippen LogP contribution is 2.43. The van der Waals surface area contributed by atoms with Gasteiger partial charge >= 0.3 is 0 Å². The van der Waals surface area contributed by atoms with Crippen LogP contribution < -0.4 is 0 Å². The second kappa shape index (κ2) is 13.7. The maximum absolute atomic E-state index is 4.65. The van der Waals surface area contributed by atoms with Gasteiger partial charge in [-0.2, -0.15) is 0 Å². The van der Waals surface area contributed by atoms with Gasteiger partial charge in [0.2, 0.25) is 0 Å². The minimum Gasteiger partial charge on any atom is -0.0991 e. The largest absolute Gasteiger partial charge is 0.0991 e. The van der Waals surface area contributed by atoms with Gasteiger partial charge < -0.3 is 0 Å². The van der Waals surface area contributed by atoms with Crippen LogP contribution in [0.1, 0.15) is 24.0 Å².